The number of halogens is 2. The van der Waals surface area contributed by atoms with Crippen LogP contribution in [0.3, 0.4) is 0 Å². The van der Waals surface area contributed by atoms with Crippen molar-refractivity contribution >= 4 is 10.0 Å². The van der Waals surface area contributed by atoms with Crippen molar-refractivity contribution < 1.29 is 17.2 Å². The molecule has 2 aromatic rings. The first-order valence-electron chi connectivity index (χ1n) is 5.98. The van der Waals surface area contributed by atoms with Gasteiger partial charge >= 0.3 is 0 Å². The van der Waals surface area contributed by atoms with Crippen molar-refractivity contribution in [1.29, 1.82) is 0 Å². The molecule has 0 aliphatic heterocycles. The van der Waals surface area contributed by atoms with Crippen molar-refractivity contribution in [1.82, 2.24) is 4.72 Å². The number of sulfonamides is 1. The molecular formula is C14H13F2NO2S. The van der Waals surface area contributed by atoms with E-state index in [0.29, 0.717) is 5.56 Å². The SMILES string of the molecule is O=S(=O)(NCCc1ccccc1F)c1ccc(F)cc1. The van der Waals surface area contributed by atoms with Crippen molar-refractivity contribution in [3.05, 3.63) is 65.7 Å². The fourth-order valence-electron chi connectivity index (χ4n) is 1.72. The van der Waals surface area contributed by atoms with Crippen LogP contribution in [-0.4, -0.2) is 15.0 Å². The molecule has 106 valence electrons. The summed E-state index contributed by atoms with van der Waals surface area (Å²) in [6, 6.07) is 10.7. The molecule has 20 heavy (non-hydrogen) atoms. The Labute approximate surface area is 116 Å². The van der Waals surface area contributed by atoms with Gasteiger partial charge in [0, 0.05) is 6.54 Å². The molecule has 1 N–H and O–H groups in total. The third-order valence-electron chi connectivity index (χ3n) is 2.77. The zero-order valence-electron chi connectivity index (χ0n) is 10.5. The third kappa shape index (κ3) is 3.61. The summed E-state index contributed by atoms with van der Waals surface area (Å²) in [4.78, 5) is -0.0209. The zero-order chi connectivity index (χ0) is 14.6. The molecule has 0 atom stereocenters. The Morgan fingerprint density at radius 1 is 0.950 bits per heavy atom. The standard InChI is InChI=1S/C14H13F2NO2S/c15-12-5-7-13(8-6-12)20(18,19)17-10-9-11-3-1-2-4-14(11)16/h1-8,17H,9-10H2. The molecule has 0 aliphatic carbocycles. The molecule has 0 saturated carbocycles. The maximum Gasteiger partial charge on any atom is 0.240 e. The quantitative estimate of drug-likeness (QED) is 0.921. The number of rotatable bonds is 5. The first-order valence-corrected chi connectivity index (χ1v) is 7.46. The van der Waals surface area contributed by atoms with Crippen LogP contribution in [0.25, 0.3) is 0 Å². The molecular weight excluding hydrogens is 284 g/mol. The first kappa shape index (κ1) is 14.6. The predicted molar refractivity (Wildman–Crippen MR) is 71.7 cm³/mol. The van der Waals surface area contributed by atoms with Crippen LogP contribution in [0.4, 0.5) is 8.78 Å². The highest BCUT2D eigenvalue weighted by Crippen LogP contribution is 2.10. The molecule has 2 aromatic carbocycles. The van der Waals surface area contributed by atoms with Gasteiger partial charge in [-0.25, -0.2) is 21.9 Å². The summed E-state index contributed by atoms with van der Waals surface area (Å²) in [6.07, 6.45) is 0.243. The summed E-state index contributed by atoms with van der Waals surface area (Å²) in [5, 5.41) is 0. The van der Waals surface area contributed by atoms with E-state index in [9.17, 15) is 17.2 Å². The molecule has 0 radical (unpaired) electrons. The largest absolute Gasteiger partial charge is 0.240 e. The fraction of sp³-hybridized carbons (Fsp3) is 0.143. The van der Waals surface area contributed by atoms with E-state index in [0.717, 1.165) is 12.1 Å². The smallest absolute Gasteiger partial charge is 0.211 e. The molecule has 0 bridgehead atoms. The van der Waals surface area contributed by atoms with Gasteiger partial charge in [0.2, 0.25) is 10.0 Å². The number of hydrogen-bond donors (Lipinski definition) is 1. The van der Waals surface area contributed by atoms with E-state index in [4.69, 9.17) is 0 Å². The van der Waals surface area contributed by atoms with E-state index < -0.39 is 15.8 Å². The number of nitrogens with one attached hydrogen (secondary N) is 1. The van der Waals surface area contributed by atoms with Gasteiger partial charge in [0.05, 0.1) is 4.90 Å². The van der Waals surface area contributed by atoms with Crippen molar-refractivity contribution in [2.75, 3.05) is 6.54 Å². The first-order chi connectivity index (χ1) is 9.49. The summed E-state index contributed by atoms with van der Waals surface area (Å²) in [5.41, 5.74) is 0.439. The van der Waals surface area contributed by atoms with Gasteiger partial charge in [-0.2, -0.15) is 0 Å². The minimum absolute atomic E-state index is 0.0209. The zero-order valence-corrected chi connectivity index (χ0v) is 11.3. The Kier molecular flexibility index (Phi) is 4.46. The lowest BCUT2D eigenvalue weighted by molar-refractivity contribution is 0.576. The molecule has 0 unspecified atom stereocenters. The van der Waals surface area contributed by atoms with Crippen LogP contribution in [0.5, 0.6) is 0 Å². The van der Waals surface area contributed by atoms with Gasteiger partial charge < -0.3 is 0 Å². The highest BCUT2D eigenvalue weighted by Gasteiger charge is 2.13. The highest BCUT2D eigenvalue weighted by atomic mass is 32.2. The average Bonchev–Trinajstić information content (AvgIpc) is 2.41. The fourth-order valence-corrected chi connectivity index (χ4v) is 2.75. The molecule has 0 heterocycles. The van der Waals surface area contributed by atoms with E-state index >= 15 is 0 Å². The Morgan fingerprint density at radius 2 is 1.60 bits per heavy atom. The Morgan fingerprint density at radius 3 is 2.25 bits per heavy atom. The van der Waals surface area contributed by atoms with Crippen LogP contribution in [0.15, 0.2) is 53.4 Å². The lowest BCUT2D eigenvalue weighted by Gasteiger charge is -2.07. The summed E-state index contributed by atoms with van der Waals surface area (Å²) in [6.45, 7) is 0.0701. The molecule has 0 aromatic heterocycles. The molecule has 0 fully saturated rings. The molecule has 0 saturated heterocycles. The maximum atomic E-state index is 13.4. The lowest BCUT2D eigenvalue weighted by Crippen LogP contribution is -2.26. The summed E-state index contributed by atoms with van der Waals surface area (Å²) in [7, 11) is -3.70. The molecule has 0 spiro atoms. The Bertz CT molecular complexity index is 685. The second kappa shape index (κ2) is 6.11. The van der Waals surface area contributed by atoms with Gasteiger partial charge in [0.15, 0.2) is 0 Å². The summed E-state index contributed by atoms with van der Waals surface area (Å²) < 4.78 is 52.2. The highest BCUT2D eigenvalue weighted by molar-refractivity contribution is 7.89. The van der Waals surface area contributed by atoms with Crippen LogP contribution in [0.1, 0.15) is 5.56 Å². The Balaban J connectivity index is 2.00. The molecule has 0 aliphatic rings. The van der Waals surface area contributed by atoms with Crippen LogP contribution < -0.4 is 4.72 Å². The van der Waals surface area contributed by atoms with E-state index in [1.165, 1.54) is 18.2 Å². The van der Waals surface area contributed by atoms with Gasteiger partial charge in [0.1, 0.15) is 11.6 Å². The topological polar surface area (TPSA) is 46.2 Å². The lowest BCUT2D eigenvalue weighted by atomic mass is 10.1. The predicted octanol–water partition coefficient (Wildman–Crippen LogP) is 2.49. The monoisotopic (exact) mass is 297 g/mol. The molecule has 6 heteroatoms. The van der Waals surface area contributed by atoms with E-state index in [1.54, 1.807) is 18.2 Å². The second-order valence-electron chi connectivity index (χ2n) is 4.19. The second-order valence-corrected chi connectivity index (χ2v) is 5.96. The van der Waals surface area contributed by atoms with Crippen LogP contribution in [-0.2, 0) is 16.4 Å². The van der Waals surface area contributed by atoms with Crippen molar-refractivity contribution in [2.24, 2.45) is 0 Å². The van der Waals surface area contributed by atoms with E-state index in [1.807, 2.05) is 0 Å². The average molecular weight is 297 g/mol. The molecule has 0 amide bonds. The summed E-state index contributed by atoms with van der Waals surface area (Å²) in [5.74, 6) is -0.871. The normalized spacial score (nSPS) is 11.5. The van der Waals surface area contributed by atoms with Crippen molar-refractivity contribution in [3.63, 3.8) is 0 Å². The summed E-state index contributed by atoms with van der Waals surface area (Å²) >= 11 is 0. The molecule has 3 nitrogen and oxygen atoms in total. The minimum Gasteiger partial charge on any atom is -0.211 e. The Hall–Kier alpha value is -1.79. The molecule has 2 rings (SSSR count). The van der Waals surface area contributed by atoms with Crippen LogP contribution in [0.2, 0.25) is 0 Å². The van der Waals surface area contributed by atoms with Gasteiger partial charge in [-0.3, -0.25) is 0 Å². The van der Waals surface area contributed by atoms with E-state index in [-0.39, 0.29) is 23.7 Å². The van der Waals surface area contributed by atoms with Crippen LogP contribution in [0, 0.1) is 11.6 Å². The maximum absolute atomic E-state index is 13.4. The number of benzene rings is 2. The van der Waals surface area contributed by atoms with Gasteiger partial charge in [-0.15, -0.1) is 0 Å². The van der Waals surface area contributed by atoms with Crippen molar-refractivity contribution in [3.8, 4) is 0 Å². The van der Waals surface area contributed by atoms with Gasteiger partial charge in [-0.05, 0) is 42.3 Å². The van der Waals surface area contributed by atoms with Crippen LogP contribution >= 0.6 is 0 Å². The third-order valence-corrected chi connectivity index (χ3v) is 4.25. The number of hydrogen-bond acceptors (Lipinski definition) is 2. The van der Waals surface area contributed by atoms with Gasteiger partial charge in [0.25, 0.3) is 0 Å². The van der Waals surface area contributed by atoms with Gasteiger partial charge in [-0.1, -0.05) is 18.2 Å². The minimum atomic E-state index is -3.70. The van der Waals surface area contributed by atoms with Crippen molar-refractivity contribution in [2.45, 2.75) is 11.3 Å². The van der Waals surface area contributed by atoms with E-state index in [2.05, 4.69) is 4.72 Å².